The van der Waals surface area contributed by atoms with Gasteiger partial charge in [0.05, 0.1) is 52.2 Å². The van der Waals surface area contributed by atoms with Gasteiger partial charge in [0, 0.05) is 12.1 Å². The Hall–Kier alpha value is -3.20. The highest BCUT2D eigenvalue weighted by Gasteiger charge is 2.16. The van der Waals surface area contributed by atoms with Crippen LogP contribution in [-0.2, 0) is 11.2 Å². The number of rotatable bonds is 8. The summed E-state index contributed by atoms with van der Waals surface area (Å²) in [5, 5.41) is 3.33. The number of hydrogen-bond donors (Lipinski definition) is 1. The maximum atomic E-state index is 12.6. The summed E-state index contributed by atoms with van der Waals surface area (Å²) in [6, 6.07) is 7.10. The average Bonchev–Trinajstić information content (AvgIpc) is 3.12. The first-order valence-corrected chi connectivity index (χ1v) is 9.45. The van der Waals surface area contributed by atoms with Gasteiger partial charge in [-0.3, -0.25) is 4.79 Å². The number of hydrogen-bond acceptors (Lipinski definition) is 8. The Balaban J connectivity index is 1.80. The Morgan fingerprint density at radius 1 is 0.862 bits per heavy atom. The smallest absolute Gasteiger partial charge is 0.230 e. The lowest BCUT2D eigenvalue weighted by atomic mass is 10.1. The lowest BCUT2D eigenvalue weighted by molar-refractivity contribution is -0.115. The van der Waals surface area contributed by atoms with Gasteiger partial charge in [-0.1, -0.05) is 11.3 Å². The van der Waals surface area contributed by atoms with Crippen LogP contribution in [0.25, 0.3) is 10.2 Å². The number of methoxy groups -OCH3 is 5. The monoisotopic (exact) mass is 418 g/mol. The van der Waals surface area contributed by atoms with Crippen LogP contribution in [0.4, 0.5) is 5.13 Å². The number of thiazole rings is 1. The number of nitrogens with one attached hydrogen (secondary N) is 1. The molecular weight excluding hydrogens is 396 g/mol. The molecule has 154 valence electrons. The van der Waals surface area contributed by atoms with Gasteiger partial charge in [0.1, 0.15) is 0 Å². The van der Waals surface area contributed by atoms with Gasteiger partial charge < -0.3 is 29.0 Å². The molecule has 29 heavy (non-hydrogen) atoms. The Morgan fingerprint density at radius 3 is 2.00 bits per heavy atom. The first-order chi connectivity index (χ1) is 14.0. The number of nitrogens with zero attached hydrogens (tertiary/aromatic N) is 1. The van der Waals surface area contributed by atoms with Crippen molar-refractivity contribution in [3.8, 4) is 28.7 Å². The van der Waals surface area contributed by atoms with Crippen molar-refractivity contribution in [3.05, 3.63) is 29.8 Å². The quantitative estimate of drug-likeness (QED) is 0.599. The Kier molecular flexibility index (Phi) is 6.28. The summed E-state index contributed by atoms with van der Waals surface area (Å²) in [6.07, 6.45) is 0.124. The highest BCUT2D eigenvalue weighted by atomic mass is 32.1. The highest BCUT2D eigenvalue weighted by molar-refractivity contribution is 7.22. The van der Waals surface area contributed by atoms with E-state index >= 15 is 0 Å². The summed E-state index contributed by atoms with van der Waals surface area (Å²) in [6.45, 7) is 0. The molecule has 0 spiro atoms. The number of anilines is 1. The van der Waals surface area contributed by atoms with Crippen LogP contribution >= 0.6 is 11.3 Å². The van der Waals surface area contributed by atoms with Gasteiger partial charge in [-0.15, -0.1) is 0 Å². The molecule has 8 nitrogen and oxygen atoms in total. The summed E-state index contributed by atoms with van der Waals surface area (Å²) in [5.41, 5.74) is 1.44. The highest BCUT2D eigenvalue weighted by Crippen LogP contribution is 2.39. The number of ether oxygens (including phenoxy) is 5. The topological polar surface area (TPSA) is 88.1 Å². The third kappa shape index (κ3) is 4.29. The molecule has 0 saturated carbocycles. The van der Waals surface area contributed by atoms with E-state index < -0.39 is 0 Å². The molecule has 0 saturated heterocycles. The van der Waals surface area contributed by atoms with Gasteiger partial charge in [0.25, 0.3) is 0 Å². The Labute approximate surface area is 172 Å². The number of carbonyl (C=O) groups is 1. The lowest BCUT2D eigenvalue weighted by Crippen LogP contribution is -2.14. The lowest BCUT2D eigenvalue weighted by Gasteiger charge is -2.13. The first kappa shape index (κ1) is 20.5. The summed E-state index contributed by atoms with van der Waals surface area (Å²) in [7, 11) is 7.74. The van der Waals surface area contributed by atoms with Crippen LogP contribution in [0, 0.1) is 0 Å². The minimum atomic E-state index is -0.211. The fraction of sp³-hybridized carbons (Fsp3) is 0.300. The minimum Gasteiger partial charge on any atom is -0.493 e. The predicted octanol–water partition coefficient (Wildman–Crippen LogP) is 3.52. The second-order valence-electron chi connectivity index (χ2n) is 5.95. The van der Waals surface area contributed by atoms with Crippen molar-refractivity contribution < 1.29 is 28.5 Å². The summed E-state index contributed by atoms with van der Waals surface area (Å²) >= 11 is 1.36. The SMILES string of the molecule is COc1cc2nc(NC(=O)Cc3cc(OC)c(OC)c(OC)c3)sc2cc1OC. The second-order valence-corrected chi connectivity index (χ2v) is 6.98. The van der Waals surface area contributed by atoms with Crippen LogP contribution in [0.2, 0.25) is 0 Å². The molecule has 0 aliphatic rings. The number of aromatic nitrogens is 1. The molecule has 0 unspecified atom stereocenters. The van der Waals surface area contributed by atoms with E-state index in [9.17, 15) is 4.79 Å². The molecule has 1 heterocycles. The van der Waals surface area contributed by atoms with Crippen LogP contribution in [-0.4, -0.2) is 46.4 Å². The van der Waals surface area contributed by atoms with Crippen molar-refractivity contribution in [2.45, 2.75) is 6.42 Å². The zero-order valence-electron chi connectivity index (χ0n) is 16.8. The molecule has 9 heteroatoms. The standard InChI is InChI=1S/C20H22N2O6S/c1-24-13-9-12-17(10-14(13)25-2)29-20(21-12)22-18(23)8-11-6-15(26-3)19(28-5)16(7-11)27-4/h6-7,9-10H,8H2,1-5H3,(H,21,22,23). The third-order valence-electron chi connectivity index (χ3n) is 4.23. The van der Waals surface area contributed by atoms with E-state index in [-0.39, 0.29) is 12.3 Å². The summed E-state index contributed by atoms with van der Waals surface area (Å²) in [4.78, 5) is 17.0. The van der Waals surface area contributed by atoms with Gasteiger partial charge in [0.15, 0.2) is 28.1 Å². The maximum absolute atomic E-state index is 12.6. The molecule has 3 rings (SSSR count). The van der Waals surface area contributed by atoms with E-state index in [1.807, 2.05) is 6.07 Å². The number of benzene rings is 2. The number of fused-ring (bicyclic) bond motifs is 1. The average molecular weight is 418 g/mol. The fourth-order valence-electron chi connectivity index (χ4n) is 2.89. The normalized spacial score (nSPS) is 10.5. The zero-order chi connectivity index (χ0) is 21.0. The van der Waals surface area contributed by atoms with Gasteiger partial charge in [-0.05, 0) is 17.7 Å². The molecule has 1 aromatic heterocycles. The van der Waals surface area contributed by atoms with Crippen molar-refractivity contribution in [2.75, 3.05) is 40.9 Å². The maximum Gasteiger partial charge on any atom is 0.230 e. The molecule has 3 aromatic rings. The molecule has 0 radical (unpaired) electrons. The van der Waals surface area contributed by atoms with E-state index in [1.54, 1.807) is 32.4 Å². The molecule has 0 atom stereocenters. The van der Waals surface area contributed by atoms with E-state index in [1.165, 1.54) is 32.7 Å². The van der Waals surface area contributed by atoms with E-state index in [0.717, 1.165) is 15.8 Å². The Morgan fingerprint density at radius 2 is 1.45 bits per heavy atom. The largest absolute Gasteiger partial charge is 0.493 e. The van der Waals surface area contributed by atoms with Crippen molar-refractivity contribution in [2.24, 2.45) is 0 Å². The second kappa shape index (κ2) is 8.87. The molecule has 0 bridgehead atoms. The van der Waals surface area contributed by atoms with Gasteiger partial charge >= 0.3 is 0 Å². The van der Waals surface area contributed by atoms with Gasteiger partial charge in [-0.25, -0.2) is 4.98 Å². The van der Waals surface area contributed by atoms with Crippen molar-refractivity contribution >= 4 is 32.6 Å². The number of carbonyl (C=O) groups excluding carboxylic acids is 1. The third-order valence-corrected chi connectivity index (χ3v) is 5.16. The van der Waals surface area contributed by atoms with E-state index in [2.05, 4.69) is 10.3 Å². The van der Waals surface area contributed by atoms with Crippen molar-refractivity contribution in [3.63, 3.8) is 0 Å². The predicted molar refractivity (Wildman–Crippen MR) is 111 cm³/mol. The van der Waals surface area contributed by atoms with Crippen molar-refractivity contribution in [1.82, 2.24) is 4.98 Å². The van der Waals surface area contributed by atoms with Crippen molar-refractivity contribution in [1.29, 1.82) is 0 Å². The van der Waals surface area contributed by atoms with Crippen LogP contribution in [0.3, 0.4) is 0 Å². The molecule has 0 aliphatic carbocycles. The molecule has 2 aromatic carbocycles. The molecular formula is C20H22N2O6S. The first-order valence-electron chi connectivity index (χ1n) is 8.64. The fourth-order valence-corrected chi connectivity index (χ4v) is 3.79. The number of amides is 1. The molecule has 1 amide bonds. The zero-order valence-corrected chi connectivity index (χ0v) is 17.6. The van der Waals surface area contributed by atoms with Crippen LogP contribution in [0.15, 0.2) is 24.3 Å². The van der Waals surface area contributed by atoms with Crippen LogP contribution in [0.5, 0.6) is 28.7 Å². The van der Waals surface area contributed by atoms with E-state index in [4.69, 9.17) is 23.7 Å². The molecule has 0 fully saturated rings. The molecule has 0 aliphatic heterocycles. The van der Waals surface area contributed by atoms with Gasteiger partial charge in [-0.2, -0.15) is 0 Å². The van der Waals surface area contributed by atoms with Crippen LogP contribution < -0.4 is 29.0 Å². The van der Waals surface area contributed by atoms with Crippen LogP contribution in [0.1, 0.15) is 5.56 Å². The minimum absolute atomic E-state index is 0.124. The molecule has 1 N–H and O–H groups in total. The summed E-state index contributed by atoms with van der Waals surface area (Å²) < 4.78 is 27.5. The van der Waals surface area contributed by atoms with E-state index in [0.29, 0.717) is 33.9 Å². The Bertz CT molecular complexity index is 967. The van der Waals surface area contributed by atoms with Gasteiger partial charge in [0.2, 0.25) is 11.7 Å². The summed E-state index contributed by atoms with van der Waals surface area (Å²) in [5.74, 6) is 2.45.